The van der Waals surface area contributed by atoms with Crippen LogP contribution < -0.4 is 19.5 Å². The zero-order chi connectivity index (χ0) is 25.2. The van der Waals surface area contributed by atoms with Crippen LogP contribution in [0.2, 0.25) is 0 Å². The zero-order valence-corrected chi connectivity index (χ0v) is 21.2. The minimum atomic E-state index is -0.0722. The van der Waals surface area contributed by atoms with Crippen molar-refractivity contribution in [3.8, 4) is 17.2 Å². The Balaban J connectivity index is 1.55. The van der Waals surface area contributed by atoms with Crippen molar-refractivity contribution in [2.75, 3.05) is 52.8 Å². The van der Waals surface area contributed by atoms with E-state index in [0.29, 0.717) is 41.9 Å². The van der Waals surface area contributed by atoms with Crippen molar-refractivity contribution in [2.24, 2.45) is 0 Å². The largest absolute Gasteiger partial charge is 0.493 e. The Labute approximate surface area is 208 Å². The third-order valence-electron chi connectivity index (χ3n) is 6.37. The van der Waals surface area contributed by atoms with Crippen molar-refractivity contribution in [2.45, 2.75) is 38.6 Å². The van der Waals surface area contributed by atoms with E-state index >= 15 is 0 Å². The lowest BCUT2D eigenvalue weighted by Crippen LogP contribution is -2.47. The van der Waals surface area contributed by atoms with Gasteiger partial charge in [-0.1, -0.05) is 25.1 Å². The van der Waals surface area contributed by atoms with Gasteiger partial charge in [-0.25, -0.2) is 0 Å². The number of amides is 2. The second kappa shape index (κ2) is 13.0. The lowest BCUT2D eigenvalue weighted by atomic mass is 10.0. The number of hydrogen-bond acceptors (Lipinski definition) is 6. The van der Waals surface area contributed by atoms with Gasteiger partial charge in [0.1, 0.15) is 0 Å². The molecule has 0 aromatic heterocycles. The molecule has 2 amide bonds. The van der Waals surface area contributed by atoms with E-state index in [1.807, 2.05) is 35.2 Å². The van der Waals surface area contributed by atoms with E-state index in [-0.39, 0.29) is 11.8 Å². The lowest BCUT2D eigenvalue weighted by Gasteiger charge is -2.38. The smallest absolute Gasteiger partial charge is 0.253 e. The predicted octanol–water partition coefficient (Wildman–Crippen LogP) is 4.06. The molecule has 0 unspecified atom stereocenters. The van der Waals surface area contributed by atoms with Crippen LogP contribution in [0.5, 0.6) is 17.2 Å². The molecular formula is C27H37N3O5. The summed E-state index contributed by atoms with van der Waals surface area (Å²) in [7, 11) is 4.64. The van der Waals surface area contributed by atoms with Gasteiger partial charge in [0.25, 0.3) is 5.91 Å². The van der Waals surface area contributed by atoms with Gasteiger partial charge in [-0.05, 0) is 37.9 Å². The molecule has 0 bridgehead atoms. The van der Waals surface area contributed by atoms with Gasteiger partial charge >= 0.3 is 0 Å². The summed E-state index contributed by atoms with van der Waals surface area (Å²) in [6, 6.07) is 13.3. The van der Waals surface area contributed by atoms with Gasteiger partial charge < -0.3 is 24.4 Å². The van der Waals surface area contributed by atoms with Crippen LogP contribution in [0, 0.1) is 0 Å². The van der Waals surface area contributed by atoms with Crippen LogP contribution in [0.1, 0.15) is 43.0 Å². The third kappa shape index (κ3) is 6.88. The number of carbonyl (C=O) groups is 2. The van der Waals surface area contributed by atoms with Crippen LogP contribution in [-0.4, -0.2) is 75.2 Å². The topological polar surface area (TPSA) is 80.3 Å². The summed E-state index contributed by atoms with van der Waals surface area (Å²) in [6.45, 7) is 5.21. The van der Waals surface area contributed by atoms with E-state index in [4.69, 9.17) is 14.2 Å². The number of nitrogens with zero attached hydrogens (tertiary/aromatic N) is 2. The highest BCUT2D eigenvalue weighted by atomic mass is 16.5. The minimum Gasteiger partial charge on any atom is -0.493 e. The molecule has 1 aliphatic rings. The van der Waals surface area contributed by atoms with Crippen LogP contribution in [-0.2, 0) is 4.79 Å². The Hall–Kier alpha value is -3.26. The van der Waals surface area contributed by atoms with Gasteiger partial charge in [-0.2, -0.15) is 0 Å². The van der Waals surface area contributed by atoms with Crippen LogP contribution in [0.4, 0.5) is 5.69 Å². The molecule has 0 saturated carbocycles. The molecule has 2 aromatic carbocycles. The summed E-state index contributed by atoms with van der Waals surface area (Å²) in [4.78, 5) is 29.8. The third-order valence-corrected chi connectivity index (χ3v) is 6.37. The predicted molar refractivity (Wildman–Crippen MR) is 137 cm³/mol. The van der Waals surface area contributed by atoms with Crippen molar-refractivity contribution < 1.29 is 23.8 Å². The van der Waals surface area contributed by atoms with E-state index < -0.39 is 0 Å². The molecule has 35 heavy (non-hydrogen) atoms. The van der Waals surface area contributed by atoms with Crippen molar-refractivity contribution in [3.63, 3.8) is 0 Å². The molecule has 0 aliphatic carbocycles. The number of anilines is 1. The number of piperidine rings is 1. The molecule has 0 atom stereocenters. The fourth-order valence-electron chi connectivity index (χ4n) is 4.58. The van der Waals surface area contributed by atoms with Gasteiger partial charge in [-0.3, -0.25) is 14.5 Å². The minimum absolute atomic E-state index is 0.0722. The molecule has 1 heterocycles. The normalized spacial score (nSPS) is 14.0. The van der Waals surface area contributed by atoms with Crippen molar-refractivity contribution in [1.82, 2.24) is 9.80 Å². The molecule has 2 aromatic rings. The average Bonchev–Trinajstić information content (AvgIpc) is 2.90. The van der Waals surface area contributed by atoms with E-state index in [0.717, 1.165) is 44.5 Å². The van der Waals surface area contributed by atoms with Gasteiger partial charge in [0.15, 0.2) is 11.5 Å². The monoisotopic (exact) mass is 483 g/mol. The van der Waals surface area contributed by atoms with E-state index in [1.165, 1.54) is 0 Å². The number of benzene rings is 2. The maximum Gasteiger partial charge on any atom is 0.253 e. The number of methoxy groups -OCH3 is 3. The van der Waals surface area contributed by atoms with Crippen LogP contribution in [0.15, 0.2) is 42.5 Å². The van der Waals surface area contributed by atoms with E-state index in [2.05, 4.69) is 17.1 Å². The second-order valence-electron chi connectivity index (χ2n) is 8.64. The summed E-state index contributed by atoms with van der Waals surface area (Å²) in [5, 5.41) is 2.95. The summed E-state index contributed by atoms with van der Waals surface area (Å²) in [5.41, 5.74) is 1.33. The molecule has 190 valence electrons. The van der Waals surface area contributed by atoms with Crippen molar-refractivity contribution in [1.29, 1.82) is 0 Å². The number of nitrogens with one attached hydrogen (secondary N) is 1. The molecule has 8 nitrogen and oxygen atoms in total. The molecular weight excluding hydrogens is 446 g/mol. The average molecular weight is 484 g/mol. The quantitative estimate of drug-likeness (QED) is 0.519. The SMILES string of the molecule is CCCN(CCC(=O)Nc1cc(OC)c(OC)c(OC)c1)C1CCN(C(=O)c2ccccc2)CC1. The first-order chi connectivity index (χ1) is 17.0. The van der Waals surface area contributed by atoms with E-state index in [9.17, 15) is 9.59 Å². The Morgan fingerprint density at radius 3 is 2.14 bits per heavy atom. The highest BCUT2D eigenvalue weighted by Crippen LogP contribution is 2.39. The first-order valence-electron chi connectivity index (χ1n) is 12.2. The zero-order valence-electron chi connectivity index (χ0n) is 21.2. The van der Waals surface area contributed by atoms with Gasteiger partial charge in [0.05, 0.1) is 21.3 Å². The standard InChI is InChI=1S/C27H37N3O5/c1-5-14-29(22-11-15-30(16-12-22)27(32)20-9-7-6-8-10-20)17-13-25(31)28-21-18-23(33-2)26(35-4)24(19-21)34-3/h6-10,18-19,22H,5,11-17H2,1-4H3,(H,28,31). The second-order valence-corrected chi connectivity index (χ2v) is 8.64. The molecule has 1 saturated heterocycles. The molecule has 1 N–H and O–H groups in total. The first kappa shape index (κ1) is 26.3. The lowest BCUT2D eigenvalue weighted by molar-refractivity contribution is -0.116. The Kier molecular flexibility index (Phi) is 9.78. The number of ether oxygens (including phenoxy) is 3. The summed E-state index contributed by atoms with van der Waals surface area (Å²) >= 11 is 0. The molecule has 1 aliphatic heterocycles. The summed E-state index contributed by atoms with van der Waals surface area (Å²) < 4.78 is 16.1. The van der Waals surface area contributed by atoms with E-state index in [1.54, 1.807) is 33.5 Å². The molecule has 0 spiro atoms. The van der Waals surface area contributed by atoms with Gasteiger partial charge in [-0.15, -0.1) is 0 Å². The number of rotatable bonds is 11. The highest BCUT2D eigenvalue weighted by molar-refractivity contribution is 5.94. The number of carbonyl (C=O) groups excluding carboxylic acids is 2. The number of likely N-dealkylation sites (tertiary alicyclic amines) is 1. The van der Waals surface area contributed by atoms with Crippen molar-refractivity contribution >= 4 is 17.5 Å². The van der Waals surface area contributed by atoms with Gasteiger partial charge in [0, 0.05) is 55.5 Å². The molecule has 0 radical (unpaired) electrons. The Morgan fingerprint density at radius 1 is 0.971 bits per heavy atom. The summed E-state index contributed by atoms with van der Waals surface area (Å²) in [5.74, 6) is 1.49. The van der Waals surface area contributed by atoms with Crippen LogP contribution in [0.3, 0.4) is 0 Å². The molecule has 8 heteroatoms. The van der Waals surface area contributed by atoms with Gasteiger partial charge in [0.2, 0.25) is 11.7 Å². The Bertz CT molecular complexity index is 949. The fraction of sp³-hybridized carbons (Fsp3) is 0.481. The fourth-order valence-corrected chi connectivity index (χ4v) is 4.58. The number of hydrogen-bond donors (Lipinski definition) is 1. The first-order valence-corrected chi connectivity index (χ1v) is 12.2. The Morgan fingerprint density at radius 2 is 1.60 bits per heavy atom. The highest BCUT2D eigenvalue weighted by Gasteiger charge is 2.27. The molecule has 3 rings (SSSR count). The summed E-state index contributed by atoms with van der Waals surface area (Å²) in [6.07, 6.45) is 3.21. The van der Waals surface area contributed by atoms with Crippen molar-refractivity contribution in [3.05, 3.63) is 48.0 Å². The van der Waals surface area contributed by atoms with Crippen LogP contribution in [0.25, 0.3) is 0 Å². The maximum atomic E-state index is 12.8. The van der Waals surface area contributed by atoms with Crippen LogP contribution >= 0.6 is 0 Å². The maximum absolute atomic E-state index is 12.8. The molecule has 1 fully saturated rings.